The topological polar surface area (TPSA) is 112 Å². The van der Waals surface area contributed by atoms with Gasteiger partial charge in [-0.25, -0.2) is 9.18 Å². The van der Waals surface area contributed by atoms with Crippen molar-refractivity contribution < 1.29 is 29.2 Å². The van der Waals surface area contributed by atoms with E-state index >= 15 is 0 Å². The van der Waals surface area contributed by atoms with E-state index in [2.05, 4.69) is 0 Å². The summed E-state index contributed by atoms with van der Waals surface area (Å²) in [6, 6.07) is 1.17. The number of halogens is 1. The summed E-state index contributed by atoms with van der Waals surface area (Å²) in [6.45, 7) is 0.560. The van der Waals surface area contributed by atoms with E-state index in [0.29, 0.717) is 24.9 Å². The minimum Gasteiger partial charge on any atom is -0.492 e. The quantitative estimate of drug-likeness (QED) is 0.571. The molecular weight excluding hydrogens is 383 g/mol. The molecule has 0 atom stereocenters. The number of methoxy groups -OCH3 is 1. The van der Waals surface area contributed by atoms with E-state index in [1.165, 1.54) is 13.3 Å². The average Bonchev–Trinajstić information content (AvgIpc) is 3.54. The number of benzene rings is 1. The number of fused-ring (bicyclic) bond motifs is 1. The maximum Gasteiger partial charge on any atom is 0.341 e. The van der Waals surface area contributed by atoms with Crippen LogP contribution in [0.4, 0.5) is 10.1 Å². The van der Waals surface area contributed by atoms with Gasteiger partial charge in [0.15, 0.2) is 11.6 Å². The van der Waals surface area contributed by atoms with Gasteiger partial charge in [-0.05, 0) is 31.7 Å². The predicted octanol–water partition coefficient (Wildman–Crippen LogP) is 2.00. The highest BCUT2D eigenvalue weighted by molar-refractivity contribution is 5.97. The van der Waals surface area contributed by atoms with E-state index in [0.717, 1.165) is 26.0 Å². The third kappa shape index (κ3) is 4.51. The van der Waals surface area contributed by atoms with Crippen LogP contribution in [0.25, 0.3) is 10.9 Å². The number of pyridine rings is 1. The largest absolute Gasteiger partial charge is 0.492 e. The van der Waals surface area contributed by atoms with E-state index < -0.39 is 17.2 Å². The van der Waals surface area contributed by atoms with Gasteiger partial charge in [0.25, 0.3) is 0 Å². The summed E-state index contributed by atoms with van der Waals surface area (Å²) in [4.78, 5) is 25.8. The minimum atomic E-state index is -1.33. The molecule has 0 bridgehead atoms. The first-order chi connectivity index (χ1) is 13.9. The van der Waals surface area contributed by atoms with Crippen molar-refractivity contribution in [2.24, 2.45) is 0 Å². The number of unbranched alkanes of at least 4 members (excludes halogenated alkanes) is 1. The highest BCUT2D eigenvalue weighted by Crippen LogP contribution is 2.43. The summed E-state index contributed by atoms with van der Waals surface area (Å²) in [5.74, 6) is -1.76. The zero-order valence-corrected chi connectivity index (χ0v) is 16.8. The fourth-order valence-electron chi connectivity index (χ4n) is 3.36. The Kier molecular flexibility index (Phi) is 7.58. The number of ether oxygens (including phenoxy) is 1. The van der Waals surface area contributed by atoms with E-state index in [1.54, 1.807) is 16.5 Å². The molecule has 0 spiro atoms. The van der Waals surface area contributed by atoms with Crippen molar-refractivity contribution in [2.45, 2.75) is 31.7 Å². The first-order valence-electron chi connectivity index (χ1n) is 9.36. The Hall–Kier alpha value is -2.65. The SMILES string of the molecule is CO.COc1c(N(C)CCCCO)c(F)cc2c(=O)c(C(=O)O)cn(C3CC3)c12. The Morgan fingerprint density at radius 1 is 1.34 bits per heavy atom. The lowest BCUT2D eigenvalue weighted by atomic mass is 10.1. The molecule has 0 aliphatic heterocycles. The molecule has 160 valence electrons. The molecular formula is C20H27FN2O6. The number of hydrogen-bond donors (Lipinski definition) is 3. The van der Waals surface area contributed by atoms with E-state index in [1.807, 2.05) is 0 Å². The van der Waals surface area contributed by atoms with Crippen LogP contribution in [0.3, 0.4) is 0 Å². The lowest BCUT2D eigenvalue weighted by Gasteiger charge is -2.25. The van der Waals surface area contributed by atoms with E-state index in [4.69, 9.17) is 14.9 Å². The van der Waals surface area contributed by atoms with Crippen molar-refractivity contribution in [3.63, 3.8) is 0 Å². The lowest BCUT2D eigenvalue weighted by Crippen LogP contribution is -2.23. The summed E-state index contributed by atoms with van der Waals surface area (Å²) < 4.78 is 22.1. The van der Waals surface area contributed by atoms with Crippen LogP contribution in [0, 0.1) is 5.82 Å². The van der Waals surface area contributed by atoms with Gasteiger partial charge in [-0.2, -0.15) is 0 Å². The highest BCUT2D eigenvalue weighted by atomic mass is 19.1. The van der Waals surface area contributed by atoms with Gasteiger partial charge in [-0.1, -0.05) is 0 Å². The van der Waals surface area contributed by atoms with Gasteiger partial charge in [0.2, 0.25) is 5.43 Å². The number of carbonyl (C=O) groups is 1. The molecule has 1 aromatic heterocycles. The summed E-state index contributed by atoms with van der Waals surface area (Å²) >= 11 is 0. The standard InChI is InChI=1S/C19H23FN2O5.CH4O/c1-21(7-3-4-8-23)16-14(20)9-12-15(18(16)27-2)22(11-5-6-11)10-13(17(12)24)19(25)26;1-2/h9-11,23H,3-8H2,1-2H3,(H,25,26);2H,1H3. The molecule has 3 rings (SSSR count). The number of carboxylic acid groups (broad SMARTS) is 1. The van der Waals surface area contributed by atoms with Crippen LogP contribution < -0.4 is 15.1 Å². The Bertz CT molecular complexity index is 939. The number of hydrogen-bond acceptors (Lipinski definition) is 6. The normalized spacial score (nSPS) is 13.0. The maximum absolute atomic E-state index is 14.9. The molecule has 29 heavy (non-hydrogen) atoms. The van der Waals surface area contributed by atoms with Crippen LogP contribution in [0.15, 0.2) is 17.1 Å². The molecule has 0 unspecified atom stereocenters. The van der Waals surface area contributed by atoms with Gasteiger partial charge < -0.3 is 29.5 Å². The average molecular weight is 410 g/mol. The number of rotatable bonds is 8. The number of anilines is 1. The van der Waals surface area contributed by atoms with Crippen LogP contribution >= 0.6 is 0 Å². The second-order valence-electron chi connectivity index (χ2n) is 6.80. The Balaban J connectivity index is 0.00000145. The molecule has 0 saturated heterocycles. The fraction of sp³-hybridized carbons (Fsp3) is 0.500. The molecule has 9 heteroatoms. The molecule has 1 saturated carbocycles. The zero-order valence-electron chi connectivity index (χ0n) is 16.8. The number of nitrogens with zero attached hydrogens (tertiary/aromatic N) is 2. The van der Waals surface area contributed by atoms with Crippen molar-refractivity contribution in [1.29, 1.82) is 0 Å². The van der Waals surface area contributed by atoms with Gasteiger partial charge in [-0.15, -0.1) is 0 Å². The second-order valence-corrected chi connectivity index (χ2v) is 6.80. The molecule has 2 aromatic rings. The van der Waals surface area contributed by atoms with Gasteiger partial charge >= 0.3 is 5.97 Å². The number of aromatic nitrogens is 1. The predicted molar refractivity (Wildman–Crippen MR) is 108 cm³/mol. The number of aromatic carboxylic acids is 1. The third-order valence-electron chi connectivity index (χ3n) is 4.86. The number of aliphatic hydroxyl groups is 2. The van der Waals surface area contributed by atoms with Crippen LogP contribution in [-0.4, -0.2) is 60.3 Å². The van der Waals surface area contributed by atoms with Crippen LogP contribution in [0.5, 0.6) is 5.75 Å². The van der Waals surface area contributed by atoms with Crippen molar-refractivity contribution in [2.75, 3.05) is 39.3 Å². The monoisotopic (exact) mass is 410 g/mol. The molecule has 1 aliphatic carbocycles. The molecule has 0 amide bonds. The van der Waals surface area contributed by atoms with E-state index in [-0.39, 0.29) is 35.0 Å². The summed E-state index contributed by atoms with van der Waals surface area (Å²) in [6.07, 6.45) is 4.32. The highest BCUT2D eigenvalue weighted by Gasteiger charge is 2.30. The van der Waals surface area contributed by atoms with Gasteiger partial charge in [0, 0.05) is 39.5 Å². The number of aliphatic hydroxyl groups excluding tert-OH is 2. The maximum atomic E-state index is 14.9. The van der Waals surface area contributed by atoms with Gasteiger partial charge in [0.05, 0.1) is 18.0 Å². The Labute approximate surface area is 167 Å². The van der Waals surface area contributed by atoms with Gasteiger partial charge in [0.1, 0.15) is 11.3 Å². The lowest BCUT2D eigenvalue weighted by molar-refractivity contribution is 0.0694. The molecule has 1 aliphatic rings. The van der Waals surface area contributed by atoms with Crippen molar-refractivity contribution in [3.8, 4) is 5.75 Å². The fourth-order valence-corrected chi connectivity index (χ4v) is 3.36. The smallest absolute Gasteiger partial charge is 0.341 e. The summed E-state index contributed by atoms with van der Waals surface area (Å²) in [5.41, 5.74) is -0.457. The van der Waals surface area contributed by atoms with Crippen LogP contribution in [0.2, 0.25) is 0 Å². The number of carboxylic acids is 1. The first-order valence-corrected chi connectivity index (χ1v) is 9.36. The van der Waals surface area contributed by atoms with Crippen molar-refractivity contribution in [1.82, 2.24) is 4.57 Å². The third-order valence-corrected chi connectivity index (χ3v) is 4.86. The summed E-state index contributed by atoms with van der Waals surface area (Å²) in [7, 11) is 4.13. The molecule has 1 fully saturated rings. The van der Waals surface area contributed by atoms with Crippen molar-refractivity contribution >= 4 is 22.6 Å². The van der Waals surface area contributed by atoms with E-state index in [9.17, 15) is 19.1 Å². The molecule has 1 aromatic carbocycles. The molecule has 0 radical (unpaired) electrons. The van der Waals surface area contributed by atoms with Crippen molar-refractivity contribution in [3.05, 3.63) is 33.9 Å². The molecule has 3 N–H and O–H groups in total. The molecule has 8 nitrogen and oxygen atoms in total. The zero-order chi connectivity index (χ0) is 21.7. The molecule has 1 heterocycles. The van der Waals surface area contributed by atoms with Gasteiger partial charge in [-0.3, -0.25) is 4.79 Å². The second kappa shape index (κ2) is 9.71. The van der Waals surface area contributed by atoms with Crippen LogP contribution in [0.1, 0.15) is 42.1 Å². The first kappa shape index (κ1) is 22.6. The summed E-state index contributed by atoms with van der Waals surface area (Å²) in [5, 5.41) is 25.3. The Morgan fingerprint density at radius 3 is 2.52 bits per heavy atom. The Morgan fingerprint density at radius 2 is 2.00 bits per heavy atom. The van der Waals surface area contributed by atoms with Crippen LogP contribution in [-0.2, 0) is 0 Å². The minimum absolute atomic E-state index is 0.00339.